The summed E-state index contributed by atoms with van der Waals surface area (Å²) in [6, 6.07) is 20.0. The monoisotopic (exact) mass is 474 g/mol. The van der Waals surface area contributed by atoms with Gasteiger partial charge in [-0.25, -0.2) is 9.13 Å². The summed E-state index contributed by atoms with van der Waals surface area (Å²) in [6.07, 6.45) is 6.62. The van der Waals surface area contributed by atoms with Crippen molar-refractivity contribution in [2.75, 3.05) is 0 Å². The van der Waals surface area contributed by atoms with Crippen LogP contribution in [-0.4, -0.2) is 16.6 Å². The molecule has 3 aromatic rings. The molecule has 0 radical (unpaired) electrons. The van der Waals surface area contributed by atoms with E-state index in [2.05, 4.69) is 22.4 Å². The van der Waals surface area contributed by atoms with Crippen molar-refractivity contribution in [2.24, 2.45) is 0 Å². The smallest absolute Gasteiger partial charge is 0.321 e. The average Bonchev–Trinajstić information content (AvgIpc) is 3.28. The van der Waals surface area contributed by atoms with E-state index in [4.69, 9.17) is 4.74 Å². The first-order chi connectivity index (χ1) is 12.7. The number of hydrogen-bond donors (Lipinski definition) is 0. The summed E-state index contributed by atoms with van der Waals surface area (Å²) in [5, 5.41) is 0. The largest absolute Gasteiger partial charge is 1.00 e. The van der Waals surface area contributed by atoms with Gasteiger partial charge in [-0.15, -0.1) is 0 Å². The van der Waals surface area contributed by atoms with E-state index in [-0.39, 0.29) is 36.0 Å². The van der Waals surface area contributed by atoms with Crippen LogP contribution in [0.2, 0.25) is 0 Å². The Labute approximate surface area is 176 Å². The lowest BCUT2D eigenvalue weighted by Crippen LogP contribution is -3.00. The zero-order chi connectivity index (χ0) is 18.0. The van der Waals surface area contributed by atoms with Gasteiger partial charge >= 0.3 is 5.97 Å². The number of aryl methyl sites for hydroxylation is 1. The van der Waals surface area contributed by atoms with E-state index in [1.54, 1.807) is 0 Å². The third-order valence-corrected chi connectivity index (χ3v) is 5.22. The quantitative estimate of drug-likeness (QED) is 0.299. The fourth-order valence-electron chi connectivity index (χ4n) is 3.87. The van der Waals surface area contributed by atoms with E-state index in [0.29, 0.717) is 13.0 Å². The number of nitrogens with zero attached hydrogens (tertiary/aromatic N) is 2. The normalized spacial score (nSPS) is 18.0. The van der Waals surface area contributed by atoms with E-state index in [1.807, 2.05) is 73.1 Å². The summed E-state index contributed by atoms with van der Waals surface area (Å²) >= 11 is 0. The number of ether oxygens (including phenoxy) is 1. The Hall–Kier alpha value is -2.15. The first kappa shape index (κ1) is 19.6. The highest BCUT2D eigenvalue weighted by atomic mass is 127. The second kappa shape index (κ2) is 8.25. The highest BCUT2D eigenvalue weighted by Gasteiger charge is 2.52. The first-order valence-electron chi connectivity index (χ1n) is 9.09. The van der Waals surface area contributed by atoms with Crippen molar-refractivity contribution in [1.29, 1.82) is 0 Å². The lowest BCUT2D eigenvalue weighted by atomic mass is 9.72. The van der Waals surface area contributed by atoms with Crippen LogP contribution >= 0.6 is 0 Å². The van der Waals surface area contributed by atoms with Gasteiger partial charge in [-0.05, 0) is 18.1 Å². The van der Waals surface area contributed by atoms with Crippen molar-refractivity contribution in [2.45, 2.75) is 38.0 Å². The van der Waals surface area contributed by atoms with Gasteiger partial charge in [-0.2, -0.15) is 0 Å². The SMILES string of the molecule is CCn1cc[n+](CC2CC(c3ccccc3)(c3ccccc3)C(=O)O2)c1.[I-]. The second-order valence-corrected chi connectivity index (χ2v) is 6.81. The molecule has 0 aliphatic carbocycles. The van der Waals surface area contributed by atoms with Crippen molar-refractivity contribution in [3.8, 4) is 0 Å². The van der Waals surface area contributed by atoms with Gasteiger partial charge in [0.1, 0.15) is 30.5 Å². The van der Waals surface area contributed by atoms with Crippen molar-refractivity contribution >= 4 is 5.97 Å². The Morgan fingerprint density at radius 1 is 1.07 bits per heavy atom. The van der Waals surface area contributed by atoms with Gasteiger partial charge in [0, 0.05) is 6.42 Å². The maximum Gasteiger partial charge on any atom is 0.321 e. The van der Waals surface area contributed by atoms with E-state index in [0.717, 1.165) is 17.7 Å². The van der Waals surface area contributed by atoms with Gasteiger partial charge in [0.15, 0.2) is 0 Å². The molecule has 5 heteroatoms. The Bertz CT molecular complexity index is 853. The third kappa shape index (κ3) is 3.65. The number of aromatic nitrogens is 2. The zero-order valence-electron chi connectivity index (χ0n) is 15.3. The van der Waals surface area contributed by atoms with Crippen LogP contribution in [0.25, 0.3) is 0 Å². The summed E-state index contributed by atoms with van der Waals surface area (Å²) in [6.45, 7) is 3.70. The van der Waals surface area contributed by atoms with Gasteiger partial charge in [-0.3, -0.25) is 4.79 Å². The molecule has 0 N–H and O–H groups in total. The first-order valence-corrected chi connectivity index (χ1v) is 9.09. The minimum atomic E-state index is -0.735. The number of halogens is 1. The Kier molecular flexibility index (Phi) is 5.99. The molecule has 0 bridgehead atoms. The van der Waals surface area contributed by atoms with Gasteiger partial charge in [0.25, 0.3) is 0 Å². The molecule has 4 nitrogen and oxygen atoms in total. The number of carbonyl (C=O) groups is 1. The highest BCUT2D eigenvalue weighted by molar-refractivity contribution is 5.89. The molecule has 1 saturated heterocycles. The van der Waals surface area contributed by atoms with Crippen LogP contribution in [0.1, 0.15) is 24.5 Å². The van der Waals surface area contributed by atoms with Crippen LogP contribution < -0.4 is 28.5 Å². The average molecular weight is 474 g/mol. The van der Waals surface area contributed by atoms with Crippen molar-refractivity contribution in [3.63, 3.8) is 0 Å². The summed E-state index contributed by atoms with van der Waals surface area (Å²) in [7, 11) is 0. The van der Waals surface area contributed by atoms with Gasteiger partial charge < -0.3 is 28.7 Å². The molecule has 0 amide bonds. The molecule has 0 spiro atoms. The number of benzene rings is 2. The van der Waals surface area contributed by atoms with Gasteiger partial charge in [0.2, 0.25) is 6.33 Å². The molecule has 2 heterocycles. The van der Waals surface area contributed by atoms with Crippen LogP contribution in [0.5, 0.6) is 0 Å². The maximum absolute atomic E-state index is 13.1. The highest BCUT2D eigenvalue weighted by Crippen LogP contribution is 2.43. The standard InChI is InChI=1S/C22H23N2O2.HI/c1-2-23-13-14-24(17-23)16-20-15-22(21(25)26-20,18-9-5-3-6-10-18)19-11-7-4-8-12-19;/h3-14,17,20H,2,15-16H2,1H3;1H/q+1;/p-1. The molecule has 2 aromatic carbocycles. The molecule has 140 valence electrons. The predicted molar refractivity (Wildman–Crippen MR) is 98.5 cm³/mol. The van der Waals surface area contributed by atoms with E-state index in [1.165, 1.54) is 0 Å². The Morgan fingerprint density at radius 3 is 2.19 bits per heavy atom. The number of carbonyl (C=O) groups excluding carboxylic acids is 1. The molecule has 27 heavy (non-hydrogen) atoms. The molecule has 1 fully saturated rings. The van der Waals surface area contributed by atoms with Crippen LogP contribution in [0.15, 0.2) is 79.4 Å². The molecular weight excluding hydrogens is 451 g/mol. The lowest BCUT2D eigenvalue weighted by molar-refractivity contribution is -0.702. The predicted octanol–water partition coefficient (Wildman–Crippen LogP) is 0.101. The molecule has 1 unspecified atom stereocenters. The summed E-state index contributed by atoms with van der Waals surface area (Å²) in [5.74, 6) is -0.157. The minimum absolute atomic E-state index is 0. The van der Waals surface area contributed by atoms with Crippen molar-refractivity contribution < 1.29 is 38.1 Å². The minimum Gasteiger partial charge on any atom is -1.00 e. The summed E-state index contributed by atoms with van der Waals surface area (Å²) < 4.78 is 10.1. The number of esters is 1. The van der Waals surface area contributed by atoms with Gasteiger partial charge in [-0.1, -0.05) is 60.7 Å². The van der Waals surface area contributed by atoms with E-state index < -0.39 is 5.41 Å². The summed E-state index contributed by atoms with van der Waals surface area (Å²) in [4.78, 5) is 13.1. The fourth-order valence-corrected chi connectivity index (χ4v) is 3.87. The van der Waals surface area contributed by atoms with Crippen molar-refractivity contribution in [1.82, 2.24) is 4.57 Å². The molecule has 1 aliphatic heterocycles. The Balaban J connectivity index is 0.00000210. The summed E-state index contributed by atoms with van der Waals surface area (Å²) in [5.41, 5.74) is 1.26. The van der Waals surface area contributed by atoms with E-state index >= 15 is 0 Å². The number of rotatable bonds is 5. The van der Waals surface area contributed by atoms with Crippen LogP contribution in [0.3, 0.4) is 0 Å². The Morgan fingerprint density at radius 2 is 1.67 bits per heavy atom. The number of cyclic esters (lactones) is 1. The van der Waals surface area contributed by atoms with E-state index in [9.17, 15) is 4.79 Å². The van der Waals surface area contributed by atoms with Crippen LogP contribution in [0.4, 0.5) is 0 Å². The molecule has 0 saturated carbocycles. The molecule has 1 aromatic heterocycles. The zero-order valence-corrected chi connectivity index (χ0v) is 17.5. The number of hydrogen-bond acceptors (Lipinski definition) is 2. The topological polar surface area (TPSA) is 35.1 Å². The fraction of sp³-hybridized carbons (Fsp3) is 0.273. The molecular formula is C22H23IN2O2. The van der Waals surface area contributed by atoms with Crippen molar-refractivity contribution in [3.05, 3.63) is 90.5 Å². The second-order valence-electron chi connectivity index (χ2n) is 6.81. The molecule has 4 rings (SSSR count). The van der Waals surface area contributed by atoms with Crippen LogP contribution in [-0.2, 0) is 28.0 Å². The number of imidazole rings is 1. The molecule has 1 atom stereocenters. The van der Waals surface area contributed by atoms with Crippen LogP contribution in [0, 0.1) is 0 Å². The van der Waals surface area contributed by atoms with Gasteiger partial charge in [0.05, 0.1) is 6.54 Å². The lowest BCUT2D eigenvalue weighted by Gasteiger charge is -2.26. The molecule has 1 aliphatic rings. The maximum atomic E-state index is 13.1. The third-order valence-electron chi connectivity index (χ3n) is 5.22.